The van der Waals surface area contributed by atoms with Gasteiger partial charge in [0.25, 0.3) is 0 Å². The van der Waals surface area contributed by atoms with Crippen molar-refractivity contribution >= 4 is 11.9 Å². The SMILES string of the molecule is C[C@@H](NC(=O)C1C2CCC(C2)C1N)C(=O)O. The predicted octanol–water partition coefficient (Wildman–Crippen LogP) is -0.0509. The summed E-state index contributed by atoms with van der Waals surface area (Å²) in [6, 6.07) is -0.918. The summed E-state index contributed by atoms with van der Waals surface area (Å²) in [6.07, 6.45) is 3.20. The summed E-state index contributed by atoms with van der Waals surface area (Å²) in [5.41, 5.74) is 6.01. The number of hydrogen-bond donors (Lipinski definition) is 3. The maximum absolute atomic E-state index is 11.9. The van der Waals surface area contributed by atoms with E-state index in [4.69, 9.17) is 10.8 Å². The third-order valence-corrected chi connectivity index (χ3v) is 4.01. The zero-order valence-electron chi connectivity index (χ0n) is 9.35. The number of carboxylic acids is 1. The maximum atomic E-state index is 11.9. The largest absolute Gasteiger partial charge is 0.480 e. The van der Waals surface area contributed by atoms with Gasteiger partial charge in [-0.1, -0.05) is 0 Å². The number of carboxylic acid groups (broad SMARTS) is 1. The molecule has 2 rings (SSSR count). The first-order valence-corrected chi connectivity index (χ1v) is 5.79. The lowest BCUT2D eigenvalue weighted by atomic mass is 9.84. The molecule has 0 aromatic carbocycles. The Hall–Kier alpha value is -1.10. The van der Waals surface area contributed by atoms with Crippen molar-refractivity contribution in [1.82, 2.24) is 5.32 Å². The third kappa shape index (κ3) is 1.80. The number of fused-ring (bicyclic) bond motifs is 2. The van der Waals surface area contributed by atoms with Crippen LogP contribution in [0.5, 0.6) is 0 Å². The van der Waals surface area contributed by atoms with Gasteiger partial charge >= 0.3 is 5.97 Å². The first-order chi connectivity index (χ1) is 7.50. The van der Waals surface area contributed by atoms with Crippen molar-refractivity contribution in [2.24, 2.45) is 23.5 Å². The van der Waals surface area contributed by atoms with Crippen molar-refractivity contribution in [2.45, 2.75) is 38.3 Å². The topological polar surface area (TPSA) is 92.4 Å². The van der Waals surface area contributed by atoms with Gasteiger partial charge in [0.2, 0.25) is 5.91 Å². The third-order valence-electron chi connectivity index (χ3n) is 4.01. The number of carbonyl (C=O) groups excluding carboxylic acids is 1. The van der Waals surface area contributed by atoms with E-state index in [1.807, 2.05) is 0 Å². The Kier molecular flexibility index (Phi) is 2.88. The second-order valence-corrected chi connectivity index (χ2v) is 5.00. The second-order valence-electron chi connectivity index (χ2n) is 5.00. The molecule has 2 aliphatic rings. The van der Waals surface area contributed by atoms with E-state index in [0.29, 0.717) is 11.8 Å². The Balaban J connectivity index is 1.98. The first kappa shape index (κ1) is 11.4. The monoisotopic (exact) mass is 226 g/mol. The second kappa shape index (κ2) is 4.05. The molecule has 0 saturated heterocycles. The van der Waals surface area contributed by atoms with Crippen LogP contribution in [0.1, 0.15) is 26.2 Å². The number of nitrogens with two attached hydrogens (primary N) is 1. The van der Waals surface area contributed by atoms with E-state index in [-0.39, 0.29) is 17.9 Å². The predicted molar refractivity (Wildman–Crippen MR) is 57.5 cm³/mol. The minimum absolute atomic E-state index is 0.0836. The molecular weight excluding hydrogens is 208 g/mol. The summed E-state index contributed by atoms with van der Waals surface area (Å²) < 4.78 is 0. The van der Waals surface area contributed by atoms with Crippen LogP contribution in [0.25, 0.3) is 0 Å². The van der Waals surface area contributed by atoms with E-state index in [1.54, 1.807) is 0 Å². The van der Waals surface area contributed by atoms with Crippen molar-refractivity contribution in [2.75, 3.05) is 0 Å². The van der Waals surface area contributed by atoms with Crippen LogP contribution in [-0.4, -0.2) is 29.1 Å². The molecule has 2 saturated carbocycles. The Morgan fingerprint density at radius 2 is 2.00 bits per heavy atom. The normalized spacial score (nSPS) is 38.4. The molecule has 4 unspecified atom stereocenters. The zero-order chi connectivity index (χ0) is 11.9. The fourth-order valence-corrected chi connectivity index (χ4v) is 3.10. The highest BCUT2D eigenvalue weighted by Crippen LogP contribution is 2.47. The minimum atomic E-state index is -1.01. The van der Waals surface area contributed by atoms with Crippen molar-refractivity contribution in [3.63, 3.8) is 0 Å². The highest BCUT2D eigenvalue weighted by Gasteiger charge is 2.49. The van der Waals surface area contributed by atoms with E-state index in [0.717, 1.165) is 19.3 Å². The van der Waals surface area contributed by atoms with Crippen LogP contribution in [0.15, 0.2) is 0 Å². The summed E-state index contributed by atoms with van der Waals surface area (Å²) in [4.78, 5) is 22.6. The van der Waals surface area contributed by atoms with Crippen LogP contribution in [0, 0.1) is 17.8 Å². The molecule has 5 nitrogen and oxygen atoms in total. The Morgan fingerprint density at radius 1 is 1.38 bits per heavy atom. The van der Waals surface area contributed by atoms with Gasteiger partial charge in [-0.2, -0.15) is 0 Å². The van der Waals surface area contributed by atoms with Crippen molar-refractivity contribution in [1.29, 1.82) is 0 Å². The molecule has 0 aromatic heterocycles. The molecule has 1 amide bonds. The van der Waals surface area contributed by atoms with E-state index >= 15 is 0 Å². The van der Waals surface area contributed by atoms with Gasteiger partial charge in [-0.15, -0.1) is 0 Å². The number of rotatable bonds is 3. The molecule has 2 aliphatic carbocycles. The molecule has 5 atom stereocenters. The van der Waals surface area contributed by atoms with E-state index in [9.17, 15) is 9.59 Å². The number of nitrogens with one attached hydrogen (secondary N) is 1. The zero-order valence-corrected chi connectivity index (χ0v) is 9.35. The van der Waals surface area contributed by atoms with Gasteiger partial charge in [0.1, 0.15) is 6.04 Å². The quantitative estimate of drug-likeness (QED) is 0.629. The van der Waals surface area contributed by atoms with Gasteiger partial charge in [0.15, 0.2) is 0 Å². The molecular formula is C11H18N2O3. The van der Waals surface area contributed by atoms with Gasteiger partial charge < -0.3 is 16.2 Å². The molecule has 4 N–H and O–H groups in total. The summed E-state index contributed by atoms with van der Waals surface area (Å²) in [5, 5.41) is 11.2. The lowest BCUT2D eigenvalue weighted by Gasteiger charge is -2.27. The van der Waals surface area contributed by atoms with Crippen LogP contribution in [0.3, 0.4) is 0 Å². The Morgan fingerprint density at radius 3 is 2.50 bits per heavy atom. The summed E-state index contributed by atoms with van der Waals surface area (Å²) in [7, 11) is 0. The smallest absolute Gasteiger partial charge is 0.325 e. The molecule has 2 fully saturated rings. The van der Waals surface area contributed by atoms with Gasteiger partial charge in [-0.25, -0.2) is 0 Å². The molecule has 16 heavy (non-hydrogen) atoms. The molecule has 2 bridgehead atoms. The average molecular weight is 226 g/mol. The van der Waals surface area contributed by atoms with Crippen LogP contribution >= 0.6 is 0 Å². The van der Waals surface area contributed by atoms with Crippen molar-refractivity contribution < 1.29 is 14.7 Å². The number of carbonyl (C=O) groups is 2. The number of aliphatic carboxylic acids is 1. The number of hydrogen-bond acceptors (Lipinski definition) is 3. The van der Waals surface area contributed by atoms with Crippen LogP contribution < -0.4 is 11.1 Å². The molecule has 0 aromatic rings. The van der Waals surface area contributed by atoms with E-state index < -0.39 is 12.0 Å². The summed E-state index contributed by atoms with van der Waals surface area (Å²) in [5.74, 6) is -0.554. The highest BCUT2D eigenvalue weighted by molar-refractivity contribution is 5.85. The lowest BCUT2D eigenvalue weighted by Crippen LogP contribution is -2.49. The summed E-state index contributed by atoms with van der Waals surface area (Å²) in [6.45, 7) is 1.47. The fraction of sp³-hybridized carbons (Fsp3) is 0.818. The standard InChI is InChI=1S/C11H18N2O3/c1-5(11(15)16)13-10(14)8-6-2-3-7(4-6)9(8)12/h5-9H,2-4,12H2,1H3,(H,13,14)(H,15,16)/t5-,6?,7?,8?,9?/m1/s1. The molecule has 0 spiro atoms. The van der Waals surface area contributed by atoms with Gasteiger partial charge in [0.05, 0.1) is 5.92 Å². The average Bonchev–Trinajstić information content (AvgIpc) is 2.77. The Bertz CT molecular complexity index is 316. The Labute approximate surface area is 94.4 Å². The first-order valence-electron chi connectivity index (χ1n) is 5.79. The molecule has 0 radical (unpaired) electrons. The van der Waals surface area contributed by atoms with Gasteiger partial charge in [-0.3, -0.25) is 9.59 Å². The minimum Gasteiger partial charge on any atom is -0.480 e. The van der Waals surface area contributed by atoms with E-state index in [2.05, 4.69) is 5.32 Å². The lowest BCUT2D eigenvalue weighted by molar-refractivity contribution is -0.142. The van der Waals surface area contributed by atoms with Crippen LogP contribution in [0.4, 0.5) is 0 Å². The highest BCUT2D eigenvalue weighted by atomic mass is 16.4. The summed E-state index contributed by atoms with van der Waals surface area (Å²) >= 11 is 0. The fourth-order valence-electron chi connectivity index (χ4n) is 3.10. The van der Waals surface area contributed by atoms with Gasteiger partial charge in [0, 0.05) is 6.04 Å². The van der Waals surface area contributed by atoms with E-state index in [1.165, 1.54) is 6.92 Å². The van der Waals surface area contributed by atoms with Gasteiger partial charge in [-0.05, 0) is 38.0 Å². The molecule has 0 aliphatic heterocycles. The molecule has 90 valence electrons. The van der Waals surface area contributed by atoms with Crippen molar-refractivity contribution in [3.8, 4) is 0 Å². The number of amides is 1. The van der Waals surface area contributed by atoms with Crippen molar-refractivity contribution in [3.05, 3.63) is 0 Å². The molecule has 5 heteroatoms. The van der Waals surface area contributed by atoms with Crippen LogP contribution in [0.2, 0.25) is 0 Å². The maximum Gasteiger partial charge on any atom is 0.325 e. The molecule has 0 heterocycles. The van der Waals surface area contributed by atoms with Crippen LogP contribution in [-0.2, 0) is 9.59 Å².